The predicted molar refractivity (Wildman–Crippen MR) is 84.1 cm³/mol. The van der Waals surface area contributed by atoms with E-state index in [9.17, 15) is 9.90 Å². The number of carbonyl (C=O) groups is 1. The van der Waals surface area contributed by atoms with Crippen molar-refractivity contribution in [1.29, 1.82) is 0 Å². The highest BCUT2D eigenvalue weighted by Gasteiger charge is 2.36. The second kappa shape index (κ2) is 6.22. The van der Waals surface area contributed by atoms with E-state index in [1.165, 1.54) is 6.42 Å². The largest absolute Gasteiger partial charge is 0.394 e. The normalized spacial score (nSPS) is 27.0. The molecular weight excluding hydrogens is 353 g/mol. The number of carbonyl (C=O) groups excluding carboxylic acids is 1. The van der Waals surface area contributed by atoms with Crippen molar-refractivity contribution in [3.05, 3.63) is 33.4 Å². The van der Waals surface area contributed by atoms with E-state index in [-0.39, 0.29) is 12.5 Å². The van der Waals surface area contributed by atoms with E-state index in [0.29, 0.717) is 11.5 Å². The quantitative estimate of drug-likeness (QED) is 0.801. The van der Waals surface area contributed by atoms with Crippen molar-refractivity contribution in [2.45, 2.75) is 38.1 Å². The number of benzene rings is 1. The lowest BCUT2D eigenvalue weighted by molar-refractivity contribution is 0.0696. The van der Waals surface area contributed by atoms with Crippen LogP contribution in [0.2, 0.25) is 0 Å². The summed E-state index contributed by atoms with van der Waals surface area (Å²) < 4.78 is 0.939. The minimum atomic E-state index is -0.437. The number of amides is 1. The van der Waals surface area contributed by atoms with E-state index in [2.05, 4.69) is 34.8 Å². The molecule has 1 amide bonds. The van der Waals surface area contributed by atoms with Gasteiger partial charge in [-0.05, 0) is 53.5 Å². The van der Waals surface area contributed by atoms with Crippen LogP contribution >= 0.6 is 22.6 Å². The van der Waals surface area contributed by atoms with Gasteiger partial charge in [-0.15, -0.1) is 0 Å². The van der Waals surface area contributed by atoms with Crippen molar-refractivity contribution >= 4 is 28.5 Å². The van der Waals surface area contributed by atoms with E-state index in [0.717, 1.165) is 22.8 Å². The third-order valence-electron chi connectivity index (χ3n) is 3.89. The number of hydrogen-bond donors (Lipinski definition) is 2. The van der Waals surface area contributed by atoms with Crippen molar-refractivity contribution in [2.75, 3.05) is 6.61 Å². The number of nitrogens with one attached hydrogen (secondary N) is 1. The van der Waals surface area contributed by atoms with E-state index in [1.54, 1.807) is 0 Å². The number of halogens is 1. The molecule has 1 saturated carbocycles. The number of rotatable bonds is 3. The lowest BCUT2D eigenvalue weighted by Gasteiger charge is -2.39. The highest BCUT2D eigenvalue weighted by Crippen LogP contribution is 2.32. The molecule has 1 aromatic rings. The highest BCUT2D eigenvalue weighted by molar-refractivity contribution is 14.1. The molecule has 104 valence electrons. The lowest BCUT2D eigenvalue weighted by Crippen LogP contribution is -2.54. The highest BCUT2D eigenvalue weighted by atomic mass is 127. The first kappa shape index (κ1) is 14.8. The van der Waals surface area contributed by atoms with Crippen LogP contribution in [0.1, 0.15) is 43.0 Å². The predicted octanol–water partition coefficient (Wildman–Crippen LogP) is 2.96. The summed E-state index contributed by atoms with van der Waals surface area (Å²) in [5.74, 6) is 0.476. The van der Waals surface area contributed by atoms with Gasteiger partial charge in [0.15, 0.2) is 0 Å². The van der Waals surface area contributed by atoms with Crippen LogP contribution in [-0.4, -0.2) is 23.2 Å². The second-order valence-electron chi connectivity index (χ2n) is 5.57. The molecule has 1 aliphatic rings. The van der Waals surface area contributed by atoms with Gasteiger partial charge in [-0.3, -0.25) is 4.79 Å². The number of hydrogen-bond acceptors (Lipinski definition) is 2. The average molecular weight is 373 g/mol. The summed E-state index contributed by atoms with van der Waals surface area (Å²) in [5.41, 5.74) is 0.252. The fraction of sp³-hybridized carbons (Fsp3) is 0.533. The smallest absolute Gasteiger partial charge is 0.252 e. The maximum absolute atomic E-state index is 12.4. The van der Waals surface area contributed by atoms with Crippen LogP contribution in [0.15, 0.2) is 24.3 Å². The number of aliphatic hydroxyl groups is 1. The molecular formula is C15H20INO2. The van der Waals surface area contributed by atoms with Crippen LogP contribution < -0.4 is 5.32 Å². The van der Waals surface area contributed by atoms with Gasteiger partial charge in [0.2, 0.25) is 0 Å². The molecule has 2 atom stereocenters. The van der Waals surface area contributed by atoms with Crippen molar-refractivity contribution in [1.82, 2.24) is 5.32 Å². The van der Waals surface area contributed by atoms with Crippen LogP contribution in [0.4, 0.5) is 0 Å². The first-order chi connectivity index (χ1) is 9.06. The van der Waals surface area contributed by atoms with Gasteiger partial charge in [0.05, 0.1) is 17.7 Å². The minimum absolute atomic E-state index is 0.0203. The zero-order valence-corrected chi connectivity index (χ0v) is 13.3. The lowest BCUT2D eigenvalue weighted by atomic mass is 9.76. The van der Waals surface area contributed by atoms with Gasteiger partial charge in [-0.2, -0.15) is 0 Å². The third-order valence-corrected chi connectivity index (χ3v) is 4.83. The standard InChI is InChI=1S/C15H20INO2/c1-11-5-4-8-15(9-11,10-18)17-14(19)12-6-2-3-7-13(12)16/h2-3,6-7,11,18H,4-5,8-10H2,1H3,(H,17,19). The molecule has 4 heteroatoms. The molecule has 1 fully saturated rings. The van der Waals surface area contributed by atoms with Crippen molar-refractivity contribution in [2.24, 2.45) is 5.92 Å². The molecule has 2 N–H and O–H groups in total. The Balaban J connectivity index is 2.14. The molecule has 0 saturated heterocycles. The van der Waals surface area contributed by atoms with Crippen LogP contribution in [-0.2, 0) is 0 Å². The van der Waals surface area contributed by atoms with Crippen molar-refractivity contribution in [3.8, 4) is 0 Å². The van der Waals surface area contributed by atoms with Crippen LogP contribution in [0.25, 0.3) is 0 Å². The van der Waals surface area contributed by atoms with Gasteiger partial charge >= 0.3 is 0 Å². The van der Waals surface area contributed by atoms with Crippen molar-refractivity contribution in [3.63, 3.8) is 0 Å². The molecule has 0 spiro atoms. The molecule has 19 heavy (non-hydrogen) atoms. The van der Waals surface area contributed by atoms with Gasteiger partial charge in [0.1, 0.15) is 0 Å². The summed E-state index contributed by atoms with van der Waals surface area (Å²) in [6.07, 6.45) is 3.97. The molecule has 0 radical (unpaired) electrons. The average Bonchev–Trinajstić information content (AvgIpc) is 2.39. The monoisotopic (exact) mass is 373 g/mol. The maximum Gasteiger partial charge on any atom is 0.252 e. The summed E-state index contributed by atoms with van der Waals surface area (Å²) in [6, 6.07) is 7.54. The van der Waals surface area contributed by atoms with Gasteiger partial charge in [0.25, 0.3) is 5.91 Å². The Morgan fingerprint density at radius 3 is 2.89 bits per heavy atom. The van der Waals surface area contributed by atoms with Gasteiger partial charge < -0.3 is 10.4 Å². The first-order valence-corrected chi connectivity index (χ1v) is 7.82. The Labute approximate surface area is 127 Å². The summed E-state index contributed by atoms with van der Waals surface area (Å²) in [6.45, 7) is 2.20. The van der Waals surface area contributed by atoms with Crippen molar-refractivity contribution < 1.29 is 9.90 Å². The van der Waals surface area contributed by atoms with Gasteiger partial charge in [-0.1, -0.05) is 31.9 Å². The molecule has 1 aromatic carbocycles. The SMILES string of the molecule is CC1CCCC(CO)(NC(=O)c2ccccc2I)C1. The Bertz CT molecular complexity index is 463. The fourth-order valence-corrected chi connectivity index (χ4v) is 3.54. The summed E-state index contributed by atoms with van der Waals surface area (Å²) in [5, 5.41) is 12.8. The zero-order chi connectivity index (χ0) is 13.9. The second-order valence-corrected chi connectivity index (χ2v) is 6.74. The Hall–Kier alpha value is -0.620. The summed E-state index contributed by atoms with van der Waals surface area (Å²) >= 11 is 2.17. The number of aliphatic hydroxyl groups excluding tert-OH is 1. The zero-order valence-electron chi connectivity index (χ0n) is 11.2. The van der Waals surface area contributed by atoms with E-state index in [1.807, 2.05) is 24.3 Å². The molecule has 0 aromatic heterocycles. The van der Waals surface area contributed by atoms with E-state index in [4.69, 9.17) is 0 Å². The topological polar surface area (TPSA) is 49.3 Å². The minimum Gasteiger partial charge on any atom is -0.394 e. The fourth-order valence-electron chi connectivity index (χ4n) is 2.91. The molecule has 0 bridgehead atoms. The summed E-state index contributed by atoms with van der Waals surface area (Å²) in [4.78, 5) is 12.4. The Morgan fingerprint density at radius 1 is 1.53 bits per heavy atom. The van der Waals surface area contributed by atoms with E-state index >= 15 is 0 Å². The molecule has 2 unspecified atom stereocenters. The third kappa shape index (κ3) is 3.48. The molecule has 2 rings (SSSR count). The van der Waals surface area contributed by atoms with Crippen LogP contribution in [0.5, 0.6) is 0 Å². The van der Waals surface area contributed by atoms with Gasteiger partial charge in [-0.25, -0.2) is 0 Å². The Morgan fingerprint density at radius 2 is 2.26 bits per heavy atom. The van der Waals surface area contributed by atoms with Gasteiger partial charge in [0, 0.05) is 3.57 Å². The summed E-state index contributed by atoms with van der Waals surface area (Å²) in [7, 11) is 0. The molecule has 3 nitrogen and oxygen atoms in total. The maximum atomic E-state index is 12.4. The Kier molecular flexibility index (Phi) is 4.84. The molecule has 0 aliphatic heterocycles. The van der Waals surface area contributed by atoms with E-state index < -0.39 is 5.54 Å². The van der Waals surface area contributed by atoms with Crippen LogP contribution in [0.3, 0.4) is 0 Å². The first-order valence-electron chi connectivity index (χ1n) is 6.74. The molecule has 0 heterocycles. The van der Waals surface area contributed by atoms with Crippen LogP contribution in [0, 0.1) is 9.49 Å². The molecule has 1 aliphatic carbocycles.